The zero-order valence-corrected chi connectivity index (χ0v) is 13.5. The predicted octanol–water partition coefficient (Wildman–Crippen LogP) is 3.29. The molecule has 0 bridgehead atoms. The molecule has 1 heterocycles. The van der Waals surface area contributed by atoms with E-state index < -0.39 is 0 Å². The summed E-state index contributed by atoms with van der Waals surface area (Å²) in [6, 6.07) is 7.42. The molecular formula is C18H23N3O2. The molecule has 23 heavy (non-hydrogen) atoms. The smallest absolute Gasteiger partial charge is 0.321 e. The van der Waals surface area contributed by atoms with Gasteiger partial charge < -0.3 is 15.0 Å². The van der Waals surface area contributed by atoms with Crippen molar-refractivity contribution in [3.63, 3.8) is 0 Å². The highest BCUT2D eigenvalue weighted by molar-refractivity contribution is 5.90. The molecule has 1 N–H and O–H groups in total. The van der Waals surface area contributed by atoms with E-state index in [2.05, 4.69) is 11.4 Å². The number of benzene rings is 1. The lowest BCUT2D eigenvalue weighted by Gasteiger charge is -2.32. The molecule has 5 heteroatoms. The lowest BCUT2D eigenvalue weighted by atomic mass is 10.1. The minimum atomic E-state index is -0.108. The first-order valence-electron chi connectivity index (χ1n) is 8.34. The van der Waals surface area contributed by atoms with Gasteiger partial charge in [0.15, 0.2) is 0 Å². The third-order valence-electron chi connectivity index (χ3n) is 4.63. The van der Waals surface area contributed by atoms with E-state index in [4.69, 9.17) is 10.00 Å². The van der Waals surface area contributed by atoms with Crippen LogP contribution in [0.15, 0.2) is 18.2 Å². The van der Waals surface area contributed by atoms with Crippen LogP contribution in [0.2, 0.25) is 0 Å². The van der Waals surface area contributed by atoms with Crippen molar-refractivity contribution < 1.29 is 9.53 Å². The number of hydrogen-bond acceptors (Lipinski definition) is 3. The highest BCUT2D eigenvalue weighted by atomic mass is 16.5. The van der Waals surface area contributed by atoms with Crippen molar-refractivity contribution in [2.24, 2.45) is 5.92 Å². The van der Waals surface area contributed by atoms with Crippen molar-refractivity contribution in [1.29, 1.82) is 5.26 Å². The monoisotopic (exact) mass is 313 g/mol. The number of hydrogen-bond donors (Lipinski definition) is 1. The van der Waals surface area contributed by atoms with Crippen LogP contribution in [-0.2, 0) is 4.74 Å². The largest absolute Gasteiger partial charge is 0.376 e. The van der Waals surface area contributed by atoms with E-state index in [1.807, 2.05) is 17.9 Å². The number of rotatable bonds is 4. The van der Waals surface area contributed by atoms with Gasteiger partial charge in [0.25, 0.3) is 0 Å². The quantitative estimate of drug-likeness (QED) is 0.927. The Morgan fingerprint density at radius 2 is 2.26 bits per heavy atom. The predicted molar refractivity (Wildman–Crippen MR) is 88.2 cm³/mol. The number of nitrogens with one attached hydrogen (secondary N) is 1. The molecule has 1 aliphatic carbocycles. The Balaban J connectivity index is 1.58. The van der Waals surface area contributed by atoms with Gasteiger partial charge in [-0.05, 0) is 56.2 Å². The van der Waals surface area contributed by atoms with Gasteiger partial charge in [-0.3, -0.25) is 0 Å². The average Bonchev–Trinajstić information content (AvgIpc) is 3.39. The number of nitriles is 1. The average molecular weight is 313 g/mol. The molecule has 1 saturated heterocycles. The third kappa shape index (κ3) is 4.02. The standard InChI is InChI=1S/C18H23N3O2/c1-13-15(10-19)4-2-6-17(13)20-18(22)21-9-3-5-16(11-21)23-12-14-7-8-14/h2,4,6,14,16H,3,5,7-9,11-12H2,1H3,(H,20,22). The van der Waals surface area contributed by atoms with E-state index in [0.717, 1.165) is 37.5 Å². The van der Waals surface area contributed by atoms with Crippen LogP contribution in [0.5, 0.6) is 0 Å². The highest BCUT2D eigenvalue weighted by Gasteiger charge is 2.27. The number of carbonyl (C=O) groups is 1. The van der Waals surface area contributed by atoms with Crippen molar-refractivity contribution in [3.8, 4) is 6.07 Å². The second kappa shape index (κ2) is 7.01. The minimum absolute atomic E-state index is 0.108. The Hall–Kier alpha value is -2.06. The van der Waals surface area contributed by atoms with Crippen molar-refractivity contribution in [2.75, 3.05) is 25.0 Å². The van der Waals surface area contributed by atoms with E-state index in [1.54, 1.807) is 12.1 Å². The Morgan fingerprint density at radius 3 is 3.00 bits per heavy atom. The molecule has 5 nitrogen and oxygen atoms in total. The topological polar surface area (TPSA) is 65.4 Å². The Labute approximate surface area is 137 Å². The Morgan fingerprint density at radius 1 is 1.43 bits per heavy atom. The lowest BCUT2D eigenvalue weighted by molar-refractivity contribution is 0.00597. The summed E-state index contributed by atoms with van der Waals surface area (Å²) in [5, 5.41) is 12.0. The van der Waals surface area contributed by atoms with Crippen molar-refractivity contribution in [3.05, 3.63) is 29.3 Å². The normalized spacial score (nSPS) is 20.9. The van der Waals surface area contributed by atoms with E-state index in [9.17, 15) is 4.79 Å². The number of amides is 2. The van der Waals surface area contributed by atoms with Crippen LogP contribution < -0.4 is 5.32 Å². The Bertz CT molecular complexity index is 619. The van der Waals surface area contributed by atoms with Crippen LogP contribution >= 0.6 is 0 Å². The molecule has 1 saturated carbocycles. The number of nitrogens with zero attached hydrogens (tertiary/aromatic N) is 2. The number of anilines is 1. The molecule has 1 atom stereocenters. The molecule has 2 fully saturated rings. The van der Waals surface area contributed by atoms with Gasteiger partial charge in [0.1, 0.15) is 0 Å². The fraction of sp³-hybridized carbons (Fsp3) is 0.556. The summed E-state index contributed by atoms with van der Waals surface area (Å²) >= 11 is 0. The van der Waals surface area contributed by atoms with Crippen LogP contribution in [0, 0.1) is 24.2 Å². The van der Waals surface area contributed by atoms with Gasteiger partial charge in [-0.2, -0.15) is 5.26 Å². The zero-order valence-electron chi connectivity index (χ0n) is 13.5. The van der Waals surface area contributed by atoms with E-state index in [1.165, 1.54) is 12.8 Å². The summed E-state index contributed by atoms with van der Waals surface area (Å²) in [6.45, 7) is 4.09. The summed E-state index contributed by atoms with van der Waals surface area (Å²) < 4.78 is 5.93. The van der Waals surface area contributed by atoms with Crippen LogP contribution in [0.1, 0.15) is 36.8 Å². The molecule has 122 valence electrons. The van der Waals surface area contributed by atoms with E-state index in [-0.39, 0.29) is 12.1 Å². The van der Waals surface area contributed by atoms with Gasteiger partial charge in [-0.1, -0.05) is 6.07 Å². The molecule has 1 aromatic rings. The molecule has 0 radical (unpaired) electrons. The molecule has 1 unspecified atom stereocenters. The van der Waals surface area contributed by atoms with Crippen molar-refractivity contribution in [1.82, 2.24) is 4.90 Å². The fourth-order valence-electron chi connectivity index (χ4n) is 2.90. The molecule has 2 amide bonds. The summed E-state index contributed by atoms with van der Waals surface area (Å²) in [7, 11) is 0. The molecule has 3 rings (SSSR count). The maximum atomic E-state index is 12.5. The van der Waals surface area contributed by atoms with Crippen molar-refractivity contribution >= 4 is 11.7 Å². The van der Waals surface area contributed by atoms with E-state index in [0.29, 0.717) is 17.8 Å². The van der Waals surface area contributed by atoms with Crippen LogP contribution in [0.25, 0.3) is 0 Å². The first-order chi connectivity index (χ1) is 11.2. The molecule has 2 aliphatic rings. The fourth-order valence-corrected chi connectivity index (χ4v) is 2.90. The first-order valence-corrected chi connectivity index (χ1v) is 8.34. The van der Waals surface area contributed by atoms with Gasteiger partial charge in [-0.15, -0.1) is 0 Å². The molecule has 0 spiro atoms. The summed E-state index contributed by atoms with van der Waals surface area (Å²) in [5.41, 5.74) is 2.10. The number of piperidine rings is 1. The summed E-state index contributed by atoms with van der Waals surface area (Å²) in [6.07, 6.45) is 4.72. The van der Waals surface area contributed by atoms with E-state index >= 15 is 0 Å². The highest BCUT2D eigenvalue weighted by Crippen LogP contribution is 2.30. The van der Waals surface area contributed by atoms with Gasteiger partial charge in [0.05, 0.1) is 17.7 Å². The van der Waals surface area contributed by atoms with Gasteiger partial charge in [0.2, 0.25) is 0 Å². The zero-order chi connectivity index (χ0) is 16.2. The molecule has 1 aliphatic heterocycles. The number of ether oxygens (including phenoxy) is 1. The van der Waals surface area contributed by atoms with Crippen LogP contribution in [0.4, 0.5) is 10.5 Å². The summed E-state index contributed by atoms with van der Waals surface area (Å²) in [5.74, 6) is 0.746. The minimum Gasteiger partial charge on any atom is -0.376 e. The second-order valence-corrected chi connectivity index (χ2v) is 6.51. The third-order valence-corrected chi connectivity index (χ3v) is 4.63. The lowest BCUT2D eigenvalue weighted by Crippen LogP contribution is -2.45. The maximum absolute atomic E-state index is 12.5. The van der Waals surface area contributed by atoms with Gasteiger partial charge >= 0.3 is 6.03 Å². The molecule has 0 aromatic heterocycles. The summed E-state index contributed by atoms with van der Waals surface area (Å²) in [4.78, 5) is 14.3. The SMILES string of the molecule is Cc1c(C#N)cccc1NC(=O)N1CCCC(OCC2CC2)C1. The number of urea groups is 1. The Kier molecular flexibility index (Phi) is 4.82. The maximum Gasteiger partial charge on any atom is 0.321 e. The molecular weight excluding hydrogens is 290 g/mol. The van der Waals surface area contributed by atoms with Crippen LogP contribution in [0.3, 0.4) is 0 Å². The number of carbonyl (C=O) groups excluding carboxylic acids is 1. The molecule has 1 aromatic carbocycles. The second-order valence-electron chi connectivity index (χ2n) is 6.51. The number of likely N-dealkylation sites (tertiary alicyclic amines) is 1. The first kappa shape index (κ1) is 15.8. The van der Waals surface area contributed by atoms with Gasteiger partial charge in [-0.25, -0.2) is 4.79 Å². The van der Waals surface area contributed by atoms with Crippen molar-refractivity contribution in [2.45, 2.75) is 38.7 Å². The van der Waals surface area contributed by atoms with Gasteiger partial charge in [0, 0.05) is 25.4 Å². The van der Waals surface area contributed by atoms with Crippen LogP contribution in [-0.4, -0.2) is 36.7 Å².